The number of rotatable bonds is 3. The van der Waals surface area contributed by atoms with Crippen LogP contribution in [0.3, 0.4) is 0 Å². The second-order valence-electron chi connectivity index (χ2n) is 4.55. The van der Waals surface area contributed by atoms with E-state index >= 15 is 0 Å². The fourth-order valence-electron chi connectivity index (χ4n) is 1.66. The molecule has 0 aromatic heterocycles. The Morgan fingerprint density at radius 2 is 2.25 bits per heavy atom. The van der Waals surface area contributed by atoms with Crippen LogP contribution < -0.4 is 5.32 Å². The molecular weight excluding hydrogens is 150 g/mol. The number of hydrogen-bond acceptors (Lipinski definition) is 1. The minimum Gasteiger partial charge on any atom is -0.353 e. The molecule has 2 saturated carbocycles. The van der Waals surface area contributed by atoms with Gasteiger partial charge in [-0.15, -0.1) is 0 Å². The van der Waals surface area contributed by atoms with Crippen LogP contribution in [-0.4, -0.2) is 11.9 Å². The maximum atomic E-state index is 11.3. The molecule has 0 aliphatic heterocycles. The van der Waals surface area contributed by atoms with Gasteiger partial charge < -0.3 is 5.32 Å². The first-order valence-electron chi connectivity index (χ1n) is 4.96. The Kier molecular flexibility index (Phi) is 1.67. The summed E-state index contributed by atoms with van der Waals surface area (Å²) >= 11 is 0. The van der Waals surface area contributed by atoms with E-state index < -0.39 is 0 Å². The molecule has 2 nitrogen and oxygen atoms in total. The Balaban J connectivity index is 1.78. The van der Waals surface area contributed by atoms with Gasteiger partial charge in [0.05, 0.1) is 0 Å². The second-order valence-corrected chi connectivity index (χ2v) is 4.55. The summed E-state index contributed by atoms with van der Waals surface area (Å²) in [5, 5.41) is 3.12. The van der Waals surface area contributed by atoms with Gasteiger partial charge in [0.2, 0.25) is 5.91 Å². The normalized spacial score (nSPS) is 39.3. The first-order chi connectivity index (χ1) is 5.65. The molecule has 2 aliphatic rings. The van der Waals surface area contributed by atoms with Crippen molar-refractivity contribution in [2.45, 2.75) is 45.6 Å². The zero-order valence-electron chi connectivity index (χ0n) is 7.89. The average molecular weight is 167 g/mol. The highest BCUT2D eigenvalue weighted by Gasteiger charge is 2.50. The summed E-state index contributed by atoms with van der Waals surface area (Å²) < 4.78 is 0. The topological polar surface area (TPSA) is 29.1 Å². The van der Waals surface area contributed by atoms with Crippen molar-refractivity contribution >= 4 is 5.91 Å². The Bertz CT molecular complexity index is 210. The molecule has 0 saturated heterocycles. The molecule has 2 heteroatoms. The van der Waals surface area contributed by atoms with Gasteiger partial charge in [0.15, 0.2) is 0 Å². The number of carbonyl (C=O) groups excluding carboxylic acids is 1. The van der Waals surface area contributed by atoms with E-state index in [2.05, 4.69) is 19.2 Å². The first-order valence-corrected chi connectivity index (χ1v) is 4.96. The van der Waals surface area contributed by atoms with Crippen molar-refractivity contribution in [1.82, 2.24) is 5.32 Å². The van der Waals surface area contributed by atoms with Gasteiger partial charge in [-0.2, -0.15) is 0 Å². The molecule has 2 fully saturated rings. The third-order valence-electron chi connectivity index (χ3n) is 3.42. The standard InChI is InChI=1S/C10H17NO/c1-3-10(2)6-8(10)11-9(12)7-4-5-7/h7-8H,3-6H2,1-2H3,(H,11,12). The van der Waals surface area contributed by atoms with Gasteiger partial charge in [0.1, 0.15) is 0 Å². The molecule has 2 atom stereocenters. The van der Waals surface area contributed by atoms with Gasteiger partial charge in [-0.25, -0.2) is 0 Å². The van der Waals surface area contributed by atoms with Crippen molar-refractivity contribution in [3.05, 3.63) is 0 Å². The summed E-state index contributed by atoms with van der Waals surface area (Å²) in [6, 6.07) is 0.482. The number of amides is 1. The summed E-state index contributed by atoms with van der Waals surface area (Å²) in [5.41, 5.74) is 0.421. The van der Waals surface area contributed by atoms with E-state index in [4.69, 9.17) is 0 Å². The molecule has 0 spiro atoms. The van der Waals surface area contributed by atoms with E-state index in [0.717, 1.165) is 12.8 Å². The molecule has 0 radical (unpaired) electrons. The zero-order valence-corrected chi connectivity index (χ0v) is 7.89. The Labute approximate surface area is 73.7 Å². The number of carbonyl (C=O) groups is 1. The summed E-state index contributed by atoms with van der Waals surface area (Å²) in [5.74, 6) is 0.670. The van der Waals surface area contributed by atoms with Crippen molar-refractivity contribution in [2.24, 2.45) is 11.3 Å². The van der Waals surface area contributed by atoms with Crippen LogP contribution >= 0.6 is 0 Å². The molecule has 68 valence electrons. The van der Waals surface area contributed by atoms with E-state index in [1.165, 1.54) is 12.8 Å². The summed E-state index contributed by atoms with van der Waals surface area (Å²) in [6.45, 7) is 4.45. The maximum absolute atomic E-state index is 11.3. The monoisotopic (exact) mass is 167 g/mol. The van der Waals surface area contributed by atoms with Gasteiger partial charge in [0, 0.05) is 12.0 Å². The lowest BCUT2D eigenvalue weighted by atomic mass is 10.1. The van der Waals surface area contributed by atoms with E-state index in [0.29, 0.717) is 23.3 Å². The van der Waals surface area contributed by atoms with E-state index in [1.807, 2.05) is 0 Å². The highest BCUT2D eigenvalue weighted by molar-refractivity contribution is 5.81. The van der Waals surface area contributed by atoms with Crippen molar-refractivity contribution in [1.29, 1.82) is 0 Å². The SMILES string of the molecule is CCC1(C)CC1NC(=O)C1CC1. The lowest BCUT2D eigenvalue weighted by Crippen LogP contribution is -2.29. The van der Waals surface area contributed by atoms with Crippen molar-refractivity contribution in [3.8, 4) is 0 Å². The third kappa shape index (κ3) is 1.35. The minimum atomic E-state index is 0.303. The van der Waals surface area contributed by atoms with Crippen molar-refractivity contribution in [3.63, 3.8) is 0 Å². The minimum absolute atomic E-state index is 0.303. The second kappa shape index (κ2) is 2.48. The van der Waals surface area contributed by atoms with Crippen LogP contribution in [-0.2, 0) is 4.79 Å². The highest BCUT2D eigenvalue weighted by Crippen LogP contribution is 2.48. The molecule has 2 aliphatic carbocycles. The molecule has 12 heavy (non-hydrogen) atoms. The fraction of sp³-hybridized carbons (Fsp3) is 0.900. The molecule has 1 amide bonds. The predicted molar refractivity (Wildman–Crippen MR) is 47.7 cm³/mol. The molecular formula is C10H17NO. The Morgan fingerprint density at radius 1 is 1.58 bits per heavy atom. The number of nitrogens with one attached hydrogen (secondary N) is 1. The molecule has 0 aromatic rings. The highest BCUT2D eigenvalue weighted by atomic mass is 16.2. The number of hydrogen-bond donors (Lipinski definition) is 1. The van der Waals surface area contributed by atoms with Gasteiger partial charge in [0.25, 0.3) is 0 Å². The lowest BCUT2D eigenvalue weighted by Gasteiger charge is -2.08. The first kappa shape index (κ1) is 8.09. The molecule has 0 heterocycles. The smallest absolute Gasteiger partial charge is 0.223 e. The van der Waals surface area contributed by atoms with Gasteiger partial charge in [-0.1, -0.05) is 13.8 Å². The van der Waals surface area contributed by atoms with Crippen molar-refractivity contribution in [2.75, 3.05) is 0 Å². The molecule has 2 rings (SSSR count). The summed E-state index contributed by atoms with van der Waals surface area (Å²) in [4.78, 5) is 11.3. The molecule has 0 aromatic carbocycles. The van der Waals surface area contributed by atoms with Crippen LogP contribution in [0.4, 0.5) is 0 Å². The van der Waals surface area contributed by atoms with Gasteiger partial charge in [-0.3, -0.25) is 4.79 Å². The van der Waals surface area contributed by atoms with Crippen molar-refractivity contribution < 1.29 is 4.79 Å². The zero-order chi connectivity index (χ0) is 8.77. The van der Waals surface area contributed by atoms with Crippen LogP contribution in [0.2, 0.25) is 0 Å². The van der Waals surface area contributed by atoms with Crippen LogP contribution in [0, 0.1) is 11.3 Å². The van der Waals surface area contributed by atoms with Crippen LogP contribution in [0.15, 0.2) is 0 Å². The van der Waals surface area contributed by atoms with Gasteiger partial charge >= 0.3 is 0 Å². The Morgan fingerprint density at radius 3 is 2.67 bits per heavy atom. The summed E-state index contributed by atoms with van der Waals surface area (Å²) in [7, 11) is 0. The average Bonchev–Trinajstić information content (AvgIpc) is 2.87. The van der Waals surface area contributed by atoms with Crippen LogP contribution in [0.1, 0.15) is 39.5 Å². The predicted octanol–water partition coefficient (Wildman–Crippen LogP) is 1.70. The molecule has 2 unspecified atom stereocenters. The van der Waals surface area contributed by atoms with Crippen LogP contribution in [0.25, 0.3) is 0 Å². The van der Waals surface area contributed by atoms with E-state index in [-0.39, 0.29) is 0 Å². The quantitative estimate of drug-likeness (QED) is 0.681. The van der Waals surface area contributed by atoms with Crippen LogP contribution in [0.5, 0.6) is 0 Å². The fourth-order valence-corrected chi connectivity index (χ4v) is 1.66. The largest absolute Gasteiger partial charge is 0.353 e. The van der Waals surface area contributed by atoms with E-state index in [1.54, 1.807) is 0 Å². The molecule has 0 bridgehead atoms. The maximum Gasteiger partial charge on any atom is 0.223 e. The third-order valence-corrected chi connectivity index (χ3v) is 3.42. The Hall–Kier alpha value is -0.530. The van der Waals surface area contributed by atoms with Gasteiger partial charge in [-0.05, 0) is 31.1 Å². The lowest BCUT2D eigenvalue weighted by molar-refractivity contribution is -0.122. The summed E-state index contributed by atoms with van der Waals surface area (Å²) in [6.07, 6.45) is 4.59. The van der Waals surface area contributed by atoms with E-state index in [9.17, 15) is 4.79 Å². The molecule has 1 N–H and O–H groups in total.